The molecule has 1 amide bonds. The van der Waals surface area contributed by atoms with Gasteiger partial charge >= 0.3 is 0 Å². The lowest BCUT2D eigenvalue weighted by Crippen LogP contribution is -2.34. The summed E-state index contributed by atoms with van der Waals surface area (Å²) < 4.78 is 0. The number of hydrogen-bond donors (Lipinski definition) is 2. The summed E-state index contributed by atoms with van der Waals surface area (Å²) in [6, 6.07) is 25.6. The lowest BCUT2D eigenvalue weighted by molar-refractivity contribution is 0.0943. The van der Waals surface area contributed by atoms with Gasteiger partial charge in [0.25, 0.3) is 5.91 Å². The largest absolute Gasteiger partial charge is 0.377 e. The summed E-state index contributed by atoms with van der Waals surface area (Å²) in [6.07, 6.45) is 1.05. The minimum Gasteiger partial charge on any atom is -0.377 e. The second-order valence-electron chi connectivity index (χ2n) is 9.23. The fourth-order valence-corrected chi connectivity index (χ4v) is 4.35. The summed E-state index contributed by atoms with van der Waals surface area (Å²) in [5, 5.41) is 6.71. The van der Waals surface area contributed by atoms with Gasteiger partial charge in [0.2, 0.25) is 0 Å². The predicted octanol–water partition coefficient (Wildman–Crippen LogP) is 6.23. The molecule has 0 bridgehead atoms. The molecule has 3 aromatic carbocycles. The zero-order valence-electron chi connectivity index (χ0n) is 18.2. The van der Waals surface area contributed by atoms with E-state index in [1.54, 1.807) is 0 Å². The summed E-state index contributed by atoms with van der Waals surface area (Å²) in [5.74, 6) is -0.0304. The Hall–Kier alpha value is -3.07. The van der Waals surface area contributed by atoms with Crippen LogP contribution in [0.15, 0.2) is 72.8 Å². The molecule has 1 atom stereocenters. The van der Waals surface area contributed by atoms with Crippen molar-refractivity contribution in [2.45, 2.75) is 46.2 Å². The van der Waals surface area contributed by atoms with Gasteiger partial charge in [-0.25, -0.2) is 0 Å². The zero-order valence-corrected chi connectivity index (χ0v) is 18.2. The van der Waals surface area contributed by atoms with Crippen molar-refractivity contribution in [3.05, 3.63) is 89.5 Å². The molecule has 1 aliphatic heterocycles. The van der Waals surface area contributed by atoms with E-state index in [4.69, 9.17) is 0 Å². The van der Waals surface area contributed by atoms with E-state index in [2.05, 4.69) is 73.0 Å². The normalized spacial score (nSPS) is 17.2. The van der Waals surface area contributed by atoms with Crippen molar-refractivity contribution in [2.75, 3.05) is 5.32 Å². The third kappa shape index (κ3) is 4.11. The van der Waals surface area contributed by atoms with Crippen LogP contribution in [0.5, 0.6) is 0 Å². The van der Waals surface area contributed by atoms with Crippen molar-refractivity contribution in [1.82, 2.24) is 5.32 Å². The number of hydrogen-bond acceptors (Lipinski definition) is 2. The number of nitrogens with one attached hydrogen (secondary N) is 2. The van der Waals surface area contributed by atoms with Gasteiger partial charge in [-0.1, -0.05) is 62.4 Å². The number of para-hydroxylation sites is 1. The SMILES string of the molecule is CC(C)NC(=O)c1ccc(-c2cccc(C3Nc4ccccc4CC3(C)C)c2)cc1. The molecule has 154 valence electrons. The van der Waals surface area contributed by atoms with E-state index in [1.807, 2.05) is 38.1 Å². The van der Waals surface area contributed by atoms with E-state index in [0.29, 0.717) is 5.56 Å². The van der Waals surface area contributed by atoms with Gasteiger partial charge < -0.3 is 10.6 Å². The minimum absolute atomic E-state index is 0.0304. The topological polar surface area (TPSA) is 41.1 Å². The first-order valence-electron chi connectivity index (χ1n) is 10.7. The maximum Gasteiger partial charge on any atom is 0.251 e. The Balaban J connectivity index is 1.61. The minimum atomic E-state index is -0.0304. The average molecular weight is 399 g/mol. The van der Waals surface area contributed by atoms with Crippen LogP contribution >= 0.6 is 0 Å². The molecule has 3 heteroatoms. The number of carbonyl (C=O) groups excluding carboxylic acids is 1. The van der Waals surface area contributed by atoms with E-state index in [-0.39, 0.29) is 23.4 Å². The van der Waals surface area contributed by atoms with Gasteiger partial charge in [-0.05, 0) is 72.2 Å². The van der Waals surface area contributed by atoms with Crippen molar-refractivity contribution in [2.24, 2.45) is 5.41 Å². The Bertz CT molecular complexity index is 1050. The van der Waals surface area contributed by atoms with Crippen molar-refractivity contribution in [3.8, 4) is 11.1 Å². The van der Waals surface area contributed by atoms with Gasteiger partial charge in [0.1, 0.15) is 0 Å². The van der Waals surface area contributed by atoms with Crippen LogP contribution in [0, 0.1) is 5.41 Å². The number of benzene rings is 3. The van der Waals surface area contributed by atoms with Crippen molar-refractivity contribution < 1.29 is 4.79 Å². The number of fused-ring (bicyclic) bond motifs is 1. The fraction of sp³-hybridized carbons (Fsp3) is 0.296. The van der Waals surface area contributed by atoms with Gasteiger partial charge in [-0.3, -0.25) is 4.79 Å². The van der Waals surface area contributed by atoms with Gasteiger partial charge in [0.05, 0.1) is 6.04 Å². The number of carbonyl (C=O) groups is 1. The first-order valence-corrected chi connectivity index (χ1v) is 10.7. The highest BCUT2D eigenvalue weighted by Gasteiger charge is 2.35. The van der Waals surface area contributed by atoms with Crippen LogP contribution in [0.2, 0.25) is 0 Å². The highest BCUT2D eigenvalue weighted by atomic mass is 16.1. The molecule has 3 nitrogen and oxygen atoms in total. The highest BCUT2D eigenvalue weighted by molar-refractivity contribution is 5.94. The molecule has 0 saturated carbocycles. The molecule has 0 aromatic heterocycles. The van der Waals surface area contributed by atoms with Gasteiger partial charge in [0, 0.05) is 17.3 Å². The van der Waals surface area contributed by atoms with Crippen LogP contribution in [0.1, 0.15) is 55.2 Å². The molecule has 4 rings (SSSR count). The van der Waals surface area contributed by atoms with E-state index in [9.17, 15) is 4.79 Å². The zero-order chi connectivity index (χ0) is 21.3. The summed E-state index contributed by atoms with van der Waals surface area (Å²) in [6.45, 7) is 8.60. The van der Waals surface area contributed by atoms with Crippen molar-refractivity contribution in [1.29, 1.82) is 0 Å². The molecule has 30 heavy (non-hydrogen) atoms. The Kier molecular flexibility index (Phi) is 5.38. The third-order valence-electron chi connectivity index (χ3n) is 5.86. The van der Waals surface area contributed by atoms with E-state index in [1.165, 1.54) is 22.4 Å². The predicted molar refractivity (Wildman–Crippen MR) is 125 cm³/mol. The van der Waals surface area contributed by atoms with Crippen LogP contribution in [0.3, 0.4) is 0 Å². The molecule has 0 spiro atoms. The number of rotatable bonds is 4. The van der Waals surface area contributed by atoms with Gasteiger partial charge in [-0.15, -0.1) is 0 Å². The third-order valence-corrected chi connectivity index (χ3v) is 5.86. The van der Waals surface area contributed by atoms with Crippen LogP contribution in [0.25, 0.3) is 11.1 Å². The van der Waals surface area contributed by atoms with E-state index in [0.717, 1.165) is 12.0 Å². The standard InChI is InChI=1S/C27H30N2O/c1-18(2)28-26(30)20-14-12-19(13-15-20)21-9-7-10-22(16-21)25-27(3,4)17-23-8-5-6-11-24(23)29-25/h5-16,18,25,29H,17H2,1-4H3,(H,28,30). The maximum absolute atomic E-state index is 12.2. The summed E-state index contributed by atoms with van der Waals surface area (Å²) in [5.41, 5.74) is 6.97. The Labute approximate surface area is 179 Å². The molecule has 0 fully saturated rings. The first-order chi connectivity index (χ1) is 14.3. The van der Waals surface area contributed by atoms with E-state index >= 15 is 0 Å². The molecular formula is C27H30N2O. The second-order valence-corrected chi connectivity index (χ2v) is 9.23. The number of anilines is 1. The first kappa shape index (κ1) is 20.2. The lowest BCUT2D eigenvalue weighted by Gasteiger charge is -2.41. The van der Waals surface area contributed by atoms with Crippen LogP contribution in [-0.2, 0) is 6.42 Å². The van der Waals surface area contributed by atoms with Crippen LogP contribution in [-0.4, -0.2) is 11.9 Å². The van der Waals surface area contributed by atoms with Crippen molar-refractivity contribution >= 4 is 11.6 Å². The molecule has 0 radical (unpaired) electrons. The average Bonchev–Trinajstić information content (AvgIpc) is 2.72. The summed E-state index contributed by atoms with van der Waals surface area (Å²) in [4.78, 5) is 12.2. The molecule has 1 heterocycles. The van der Waals surface area contributed by atoms with Crippen molar-refractivity contribution in [3.63, 3.8) is 0 Å². The Morgan fingerprint density at radius 1 is 0.967 bits per heavy atom. The molecule has 1 unspecified atom stereocenters. The maximum atomic E-state index is 12.2. The van der Waals surface area contributed by atoms with Gasteiger partial charge in [0.15, 0.2) is 0 Å². The van der Waals surface area contributed by atoms with E-state index < -0.39 is 0 Å². The molecular weight excluding hydrogens is 368 g/mol. The molecule has 0 aliphatic carbocycles. The van der Waals surface area contributed by atoms with Gasteiger partial charge in [-0.2, -0.15) is 0 Å². The second kappa shape index (κ2) is 7.98. The molecule has 0 saturated heterocycles. The fourth-order valence-electron chi connectivity index (χ4n) is 4.35. The monoisotopic (exact) mass is 398 g/mol. The Morgan fingerprint density at radius 3 is 2.43 bits per heavy atom. The quantitative estimate of drug-likeness (QED) is 0.547. The summed E-state index contributed by atoms with van der Waals surface area (Å²) in [7, 11) is 0. The Morgan fingerprint density at radius 2 is 1.70 bits per heavy atom. The number of amides is 1. The molecule has 2 N–H and O–H groups in total. The smallest absolute Gasteiger partial charge is 0.251 e. The highest BCUT2D eigenvalue weighted by Crippen LogP contribution is 2.45. The lowest BCUT2D eigenvalue weighted by atomic mass is 9.72. The van der Waals surface area contributed by atoms with Crippen LogP contribution < -0.4 is 10.6 Å². The molecule has 3 aromatic rings. The summed E-state index contributed by atoms with van der Waals surface area (Å²) >= 11 is 0. The molecule has 1 aliphatic rings. The van der Waals surface area contributed by atoms with Crippen LogP contribution in [0.4, 0.5) is 5.69 Å².